The molecule has 0 spiro atoms. The summed E-state index contributed by atoms with van der Waals surface area (Å²) in [5.41, 5.74) is 3.65. The zero-order chi connectivity index (χ0) is 20.3. The number of hydrogen-bond donors (Lipinski definition) is 1. The van der Waals surface area contributed by atoms with Crippen LogP contribution >= 0.6 is 22.7 Å². The maximum Gasteiger partial charge on any atom is 0.351 e. The minimum atomic E-state index is -0.939. The van der Waals surface area contributed by atoms with E-state index in [0.29, 0.717) is 15.7 Å². The van der Waals surface area contributed by atoms with Crippen molar-refractivity contribution in [2.24, 2.45) is 0 Å². The fourth-order valence-electron chi connectivity index (χ4n) is 2.57. The fourth-order valence-corrected chi connectivity index (χ4v) is 4.10. The van der Waals surface area contributed by atoms with E-state index < -0.39 is 18.0 Å². The minimum absolute atomic E-state index is 0.421. The molecule has 0 aliphatic heterocycles. The average molecular weight is 416 g/mol. The van der Waals surface area contributed by atoms with Crippen LogP contribution in [0.5, 0.6) is 0 Å². The van der Waals surface area contributed by atoms with E-state index >= 15 is 0 Å². The van der Waals surface area contributed by atoms with Crippen molar-refractivity contribution in [3.8, 4) is 11.3 Å². The van der Waals surface area contributed by atoms with E-state index in [-0.39, 0.29) is 0 Å². The number of rotatable bonds is 6. The van der Waals surface area contributed by atoms with Crippen LogP contribution in [0.15, 0.2) is 29.6 Å². The van der Waals surface area contributed by atoms with Gasteiger partial charge in [0.25, 0.3) is 5.91 Å². The maximum absolute atomic E-state index is 12.4. The molecule has 0 saturated carbocycles. The first-order valence-electron chi connectivity index (χ1n) is 8.88. The summed E-state index contributed by atoms with van der Waals surface area (Å²) in [5.74, 6) is -0.962. The number of aryl methyl sites for hydroxylation is 3. The number of esters is 1. The highest BCUT2D eigenvalue weighted by molar-refractivity contribution is 7.14. The molecule has 3 aromatic rings. The van der Waals surface area contributed by atoms with Gasteiger partial charge in [0.15, 0.2) is 11.2 Å². The fraction of sp³-hybridized carbons (Fsp3) is 0.300. The monoisotopic (exact) mass is 415 g/mol. The van der Waals surface area contributed by atoms with Crippen molar-refractivity contribution in [3.63, 3.8) is 0 Å². The lowest BCUT2D eigenvalue weighted by Gasteiger charge is -2.11. The lowest BCUT2D eigenvalue weighted by Crippen LogP contribution is -2.29. The van der Waals surface area contributed by atoms with Crippen molar-refractivity contribution in [2.45, 2.75) is 40.2 Å². The van der Waals surface area contributed by atoms with Gasteiger partial charge in [-0.1, -0.05) is 31.2 Å². The molecule has 0 aliphatic rings. The molecule has 0 radical (unpaired) electrons. The number of carbonyl (C=O) groups is 2. The van der Waals surface area contributed by atoms with E-state index in [1.807, 2.05) is 24.4 Å². The van der Waals surface area contributed by atoms with Gasteiger partial charge in [0.2, 0.25) is 0 Å². The molecule has 146 valence electrons. The van der Waals surface area contributed by atoms with Crippen molar-refractivity contribution in [3.05, 3.63) is 50.8 Å². The molecule has 0 saturated heterocycles. The molecular formula is C20H21N3O3S2. The standard InChI is InChI=1S/C20H21N3O3S2/c1-5-14-6-8-15(9-7-14)16-10-27-20(22-16)23-18(24)12(3)26-19(25)17-11(2)21-13(4)28-17/h6-10,12H,5H2,1-4H3,(H,22,23,24)/t12-/m0/s1. The molecule has 1 aromatic carbocycles. The lowest BCUT2D eigenvalue weighted by atomic mass is 10.1. The van der Waals surface area contributed by atoms with Gasteiger partial charge in [0, 0.05) is 10.9 Å². The summed E-state index contributed by atoms with van der Waals surface area (Å²) >= 11 is 2.59. The molecule has 0 bridgehead atoms. The van der Waals surface area contributed by atoms with Crippen LogP contribution in [-0.4, -0.2) is 27.9 Å². The van der Waals surface area contributed by atoms with Gasteiger partial charge >= 0.3 is 5.97 Å². The van der Waals surface area contributed by atoms with Crippen LogP contribution in [0.25, 0.3) is 11.3 Å². The first-order chi connectivity index (χ1) is 13.4. The van der Waals surface area contributed by atoms with Crippen LogP contribution in [0.2, 0.25) is 0 Å². The van der Waals surface area contributed by atoms with Crippen LogP contribution in [0.4, 0.5) is 5.13 Å². The zero-order valence-corrected chi connectivity index (χ0v) is 17.7. The molecule has 0 unspecified atom stereocenters. The smallest absolute Gasteiger partial charge is 0.351 e. The summed E-state index contributed by atoms with van der Waals surface area (Å²) in [6.07, 6.45) is 0.0427. The molecule has 1 atom stereocenters. The Bertz CT molecular complexity index is 993. The number of thiazole rings is 2. The van der Waals surface area contributed by atoms with Crippen LogP contribution in [0, 0.1) is 13.8 Å². The summed E-state index contributed by atoms with van der Waals surface area (Å²) < 4.78 is 5.28. The van der Waals surface area contributed by atoms with Crippen molar-refractivity contribution in [1.82, 2.24) is 9.97 Å². The SMILES string of the molecule is CCc1ccc(-c2csc(NC(=O)[C@H](C)OC(=O)c3sc(C)nc3C)n2)cc1. The van der Waals surface area contributed by atoms with E-state index in [1.54, 1.807) is 6.92 Å². The third-order valence-electron chi connectivity index (χ3n) is 4.13. The van der Waals surface area contributed by atoms with Crippen molar-refractivity contribution >= 4 is 39.7 Å². The number of ether oxygens (including phenoxy) is 1. The predicted molar refractivity (Wildman–Crippen MR) is 112 cm³/mol. The molecule has 2 heterocycles. The Hall–Kier alpha value is -2.58. The van der Waals surface area contributed by atoms with E-state index in [1.165, 1.54) is 35.2 Å². The lowest BCUT2D eigenvalue weighted by molar-refractivity contribution is -0.123. The van der Waals surface area contributed by atoms with E-state index in [0.717, 1.165) is 22.7 Å². The van der Waals surface area contributed by atoms with E-state index in [9.17, 15) is 9.59 Å². The number of hydrogen-bond acceptors (Lipinski definition) is 7. The van der Waals surface area contributed by atoms with Gasteiger partial charge in [-0.3, -0.25) is 10.1 Å². The first-order valence-corrected chi connectivity index (χ1v) is 10.6. The molecule has 28 heavy (non-hydrogen) atoms. The van der Waals surface area contributed by atoms with Gasteiger partial charge in [-0.25, -0.2) is 14.8 Å². The van der Waals surface area contributed by atoms with Crippen LogP contribution in [-0.2, 0) is 16.0 Å². The average Bonchev–Trinajstić information content (AvgIpc) is 3.27. The molecule has 1 amide bonds. The van der Waals surface area contributed by atoms with Gasteiger partial charge < -0.3 is 4.74 Å². The largest absolute Gasteiger partial charge is 0.448 e. The highest BCUT2D eigenvalue weighted by Crippen LogP contribution is 2.25. The topological polar surface area (TPSA) is 81.2 Å². The number of aromatic nitrogens is 2. The van der Waals surface area contributed by atoms with Crippen LogP contribution < -0.4 is 5.32 Å². The number of nitrogens with zero attached hydrogens (tertiary/aromatic N) is 2. The van der Waals surface area contributed by atoms with Crippen LogP contribution in [0.3, 0.4) is 0 Å². The summed E-state index contributed by atoms with van der Waals surface area (Å²) in [4.78, 5) is 33.7. The second-order valence-corrected chi connectivity index (χ2v) is 8.33. The number of nitrogens with one attached hydrogen (secondary N) is 1. The molecule has 2 aromatic heterocycles. The third kappa shape index (κ3) is 4.63. The Morgan fingerprint density at radius 2 is 1.89 bits per heavy atom. The molecule has 8 heteroatoms. The van der Waals surface area contributed by atoms with Gasteiger partial charge in [-0.2, -0.15) is 0 Å². The summed E-state index contributed by atoms with van der Waals surface area (Å²) in [5, 5.41) is 5.84. The number of amides is 1. The molecule has 0 fully saturated rings. The molecule has 6 nitrogen and oxygen atoms in total. The van der Waals surface area contributed by atoms with Gasteiger partial charge in [0.1, 0.15) is 4.88 Å². The summed E-state index contributed by atoms with van der Waals surface area (Å²) in [7, 11) is 0. The van der Waals surface area contributed by atoms with Gasteiger partial charge in [0.05, 0.1) is 16.4 Å². The summed E-state index contributed by atoms with van der Waals surface area (Å²) in [6, 6.07) is 8.17. The van der Waals surface area contributed by atoms with Crippen LogP contribution in [0.1, 0.15) is 39.8 Å². The maximum atomic E-state index is 12.4. The Morgan fingerprint density at radius 1 is 1.18 bits per heavy atom. The molecule has 3 rings (SSSR count). The zero-order valence-electron chi connectivity index (χ0n) is 16.1. The quantitative estimate of drug-likeness (QED) is 0.594. The molecular weight excluding hydrogens is 394 g/mol. The van der Waals surface area contributed by atoms with E-state index in [2.05, 4.69) is 34.3 Å². The Labute approximate surface area is 171 Å². The first kappa shape index (κ1) is 20.2. The molecule has 0 aliphatic carbocycles. The van der Waals surface area contributed by atoms with Crippen molar-refractivity contribution in [2.75, 3.05) is 5.32 Å². The Kier molecular flexibility index (Phi) is 6.21. The van der Waals surface area contributed by atoms with Crippen molar-refractivity contribution < 1.29 is 14.3 Å². The number of anilines is 1. The third-order valence-corrected chi connectivity index (χ3v) is 5.94. The van der Waals surface area contributed by atoms with Crippen molar-refractivity contribution in [1.29, 1.82) is 0 Å². The highest BCUT2D eigenvalue weighted by atomic mass is 32.1. The second kappa shape index (κ2) is 8.62. The predicted octanol–water partition coefficient (Wildman–Crippen LogP) is 4.63. The number of benzene rings is 1. The highest BCUT2D eigenvalue weighted by Gasteiger charge is 2.23. The van der Waals surface area contributed by atoms with Gasteiger partial charge in [-0.05, 0) is 32.8 Å². The van der Waals surface area contributed by atoms with Gasteiger partial charge in [-0.15, -0.1) is 22.7 Å². The Balaban J connectivity index is 1.61. The minimum Gasteiger partial charge on any atom is -0.448 e. The van der Waals surface area contributed by atoms with E-state index in [4.69, 9.17) is 4.74 Å². The Morgan fingerprint density at radius 3 is 2.50 bits per heavy atom. The molecule has 1 N–H and O–H groups in total. The normalized spacial score (nSPS) is 11.9. The number of carbonyl (C=O) groups excluding carboxylic acids is 2. The summed E-state index contributed by atoms with van der Waals surface area (Å²) in [6.45, 7) is 7.21. The second-order valence-electron chi connectivity index (χ2n) is 6.27.